The number of rotatable bonds is 12. The Morgan fingerprint density at radius 3 is 2.14 bits per heavy atom. The molecule has 0 fully saturated rings. The van der Waals surface area contributed by atoms with Gasteiger partial charge in [0.25, 0.3) is 5.91 Å². The minimum atomic E-state index is -1.90. The molecule has 0 aliphatic carbocycles. The summed E-state index contributed by atoms with van der Waals surface area (Å²) in [5.74, 6) is -2.88. The minimum Gasteiger partial charge on any atom is -0.339 e. The van der Waals surface area contributed by atoms with Crippen LogP contribution < -0.4 is 26.8 Å². The SMILES string of the molecule is CCCC(=O)NN(NCC(C)=O)C(=O)C(C)(NC(=O)CC)C(NC=O)NC(C)=O. The summed E-state index contributed by atoms with van der Waals surface area (Å²) in [6.45, 7) is 6.74. The number of nitrogens with zero attached hydrogens (tertiary/aromatic N) is 1. The number of carbonyl (C=O) groups is 6. The van der Waals surface area contributed by atoms with Crippen LogP contribution in [0.25, 0.3) is 0 Å². The maximum atomic E-state index is 13.3. The van der Waals surface area contributed by atoms with Crippen LogP contribution in [0.2, 0.25) is 0 Å². The lowest BCUT2D eigenvalue weighted by molar-refractivity contribution is -0.154. The number of hydrazine groups is 2. The number of amides is 5. The van der Waals surface area contributed by atoms with E-state index in [1.807, 2.05) is 0 Å². The first-order valence-corrected chi connectivity index (χ1v) is 9.16. The first-order chi connectivity index (χ1) is 13.5. The van der Waals surface area contributed by atoms with Crippen molar-refractivity contribution in [3.05, 3.63) is 0 Å². The lowest BCUT2D eigenvalue weighted by Crippen LogP contribution is -2.74. The highest BCUT2D eigenvalue weighted by Crippen LogP contribution is 2.13. The predicted octanol–water partition coefficient (Wildman–Crippen LogP) is -1.77. The van der Waals surface area contributed by atoms with Crippen LogP contribution in [0.1, 0.15) is 53.9 Å². The van der Waals surface area contributed by atoms with E-state index in [0.717, 1.165) is 0 Å². The molecule has 164 valence electrons. The topological polar surface area (TPSA) is 166 Å². The van der Waals surface area contributed by atoms with Crippen molar-refractivity contribution in [3.8, 4) is 0 Å². The second-order valence-corrected chi connectivity index (χ2v) is 6.48. The molecule has 5 amide bonds. The standard InChI is InChI=1S/C17H30N6O6/c1-6-8-14(28)22-23(19-9-11(3)25)16(29)17(5,21-13(27)7-2)15(18-10-24)20-12(4)26/h10,15,19H,6-9H2,1-5H3,(H,18,24)(H,20,26)(H,21,27)(H,22,28). The van der Waals surface area contributed by atoms with Crippen LogP contribution in [0.5, 0.6) is 0 Å². The van der Waals surface area contributed by atoms with Gasteiger partial charge in [-0.05, 0) is 20.3 Å². The maximum absolute atomic E-state index is 13.3. The Bertz CT molecular complexity index is 640. The van der Waals surface area contributed by atoms with Crippen LogP contribution >= 0.6 is 0 Å². The van der Waals surface area contributed by atoms with Crippen LogP contribution in [-0.4, -0.2) is 59.2 Å². The quantitative estimate of drug-likeness (QED) is 0.143. The van der Waals surface area contributed by atoms with E-state index >= 15 is 0 Å². The zero-order valence-electron chi connectivity index (χ0n) is 17.4. The summed E-state index contributed by atoms with van der Waals surface area (Å²) in [7, 11) is 0. The molecule has 0 saturated carbocycles. The first kappa shape index (κ1) is 26.0. The molecule has 12 nitrogen and oxygen atoms in total. The number of hydrogen-bond acceptors (Lipinski definition) is 7. The van der Waals surface area contributed by atoms with Crippen molar-refractivity contribution in [2.45, 2.75) is 65.6 Å². The van der Waals surface area contributed by atoms with Gasteiger partial charge < -0.3 is 16.0 Å². The van der Waals surface area contributed by atoms with Crippen LogP contribution in [0.15, 0.2) is 0 Å². The third-order valence-corrected chi connectivity index (χ3v) is 3.73. The van der Waals surface area contributed by atoms with Gasteiger partial charge in [-0.2, -0.15) is 5.12 Å². The van der Waals surface area contributed by atoms with Gasteiger partial charge in [-0.1, -0.05) is 13.8 Å². The second kappa shape index (κ2) is 12.4. The fourth-order valence-corrected chi connectivity index (χ4v) is 2.24. The van der Waals surface area contributed by atoms with Crippen molar-refractivity contribution >= 4 is 35.8 Å². The van der Waals surface area contributed by atoms with Crippen LogP contribution in [0.4, 0.5) is 0 Å². The summed E-state index contributed by atoms with van der Waals surface area (Å²) in [6, 6.07) is 0. The molecule has 0 radical (unpaired) electrons. The average Bonchev–Trinajstić information content (AvgIpc) is 2.63. The molecular formula is C17H30N6O6. The highest BCUT2D eigenvalue weighted by atomic mass is 16.2. The number of carbonyl (C=O) groups excluding carboxylic acids is 6. The number of nitrogens with one attached hydrogen (secondary N) is 5. The Morgan fingerprint density at radius 1 is 1.07 bits per heavy atom. The molecule has 12 heteroatoms. The van der Waals surface area contributed by atoms with E-state index in [2.05, 4.69) is 26.8 Å². The highest BCUT2D eigenvalue weighted by molar-refractivity contribution is 5.94. The molecule has 5 N–H and O–H groups in total. The van der Waals surface area contributed by atoms with Crippen LogP contribution in [-0.2, 0) is 28.8 Å². The van der Waals surface area contributed by atoms with Gasteiger partial charge in [0.05, 0.1) is 6.54 Å². The van der Waals surface area contributed by atoms with Crippen molar-refractivity contribution in [2.75, 3.05) is 6.54 Å². The minimum absolute atomic E-state index is 0.0137. The molecule has 29 heavy (non-hydrogen) atoms. The Morgan fingerprint density at radius 2 is 1.69 bits per heavy atom. The van der Waals surface area contributed by atoms with Crippen molar-refractivity contribution in [3.63, 3.8) is 0 Å². The van der Waals surface area contributed by atoms with Gasteiger partial charge in [-0.3, -0.25) is 28.8 Å². The van der Waals surface area contributed by atoms with E-state index in [4.69, 9.17) is 0 Å². The summed E-state index contributed by atoms with van der Waals surface area (Å²) in [5, 5.41) is 7.80. The van der Waals surface area contributed by atoms with E-state index in [0.29, 0.717) is 11.5 Å². The lowest BCUT2D eigenvalue weighted by Gasteiger charge is -2.39. The lowest BCUT2D eigenvalue weighted by atomic mass is 9.95. The molecule has 0 saturated heterocycles. The summed E-state index contributed by atoms with van der Waals surface area (Å²) in [6.07, 6.45) is -0.463. The van der Waals surface area contributed by atoms with Gasteiger partial charge in [0.1, 0.15) is 11.9 Å². The molecule has 0 aromatic heterocycles. The number of ketones is 1. The number of Topliss-reactive ketones (excluding diaryl/α,β-unsaturated/α-hetero) is 1. The molecule has 2 atom stereocenters. The van der Waals surface area contributed by atoms with Crippen molar-refractivity contribution in [1.29, 1.82) is 0 Å². The molecule has 0 aliphatic rings. The molecule has 0 aromatic rings. The average molecular weight is 414 g/mol. The molecular weight excluding hydrogens is 384 g/mol. The fraction of sp³-hybridized carbons (Fsp3) is 0.647. The molecule has 0 bridgehead atoms. The highest BCUT2D eigenvalue weighted by Gasteiger charge is 2.46. The maximum Gasteiger partial charge on any atom is 0.285 e. The van der Waals surface area contributed by atoms with Gasteiger partial charge in [0.2, 0.25) is 24.1 Å². The third-order valence-electron chi connectivity index (χ3n) is 3.73. The van der Waals surface area contributed by atoms with Crippen molar-refractivity contribution < 1.29 is 28.8 Å². The summed E-state index contributed by atoms with van der Waals surface area (Å²) in [5.41, 5.74) is 2.90. The van der Waals surface area contributed by atoms with Gasteiger partial charge in [-0.15, -0.1) is 0 Å². The van der Waals surface area contributed by atoms with E-state index in [1.165, 1.54) is 20.8 Å². The molecule has 0 aromatic carbocycles. The largest absolute Gasteiger partial charge is 0.339 e. The van der Waals surface area contributed by atoms with E-state index in [-0.39, 0.29) is 31.6 Å². The molecule has 0 spiro atoms. The summed E-state index contributed by atoms with van der Waals surface area (Å²) in [4.78, 5) is 71.3. The normalized spacial score (nSPS) is 13.3. The van der Waals surface area contributed by atoms with Crippen molar-refractivity contribution in [2.24, 2.45) is 0 Å². The smallest absolute Gasteiger partial charge is 0.285 e. The molecule has 0 aliphatic heterocycles. The van der Waals surface area contributed by atoms with Crippen LogP contribution in [0, 0.1) is 0 Å². The van der Waals surface area contributed by atoms with E-state index in [9.17, 15) is 28.8 Å². The predicted molar refractivity (Wildman–Crippen MR) is 102 cm³/mol. The summed E-state index contributed by atoms with van der Waals surface area (Å²) < 4.78 is 0. The van der Waals surface area contributed by atoms with Gasteiger partial charge >= 0.3 is 0 Å². The molecule has 0 heterocycles. The Kier molecular flexibility index (Phi) is 11.1. The Hall–Kier alpha value is -3.02. The number of hydrogen-bond donors (Lipinski definition) is 5. The van der Waals surface area contributed by atoms with Crippen molar-refractivity contribution in [1.82, 2.24) is 31.9 Å². The van der Waals surface area contributed by atoms with Gasteiger partial charge in [-0.25, -0.2) is 10.9 Å². The molecule has 2 unspecified atom stereocenters. The van der Waals surface area contributed by atoms with Gasteiger partial charge in [0.15, 0.2) is 5.54 Å². The zero-order valence-corrected chi connectivity index (χ0v) is 17.4. The first-order valence-electron chi connectivity index (χ1n) is 9.16. The summed E-state index contributed by atoms with van der Waals surface area (Å²) >= 11 is 0. The van der Waals surface area contributed by atoms with E-state index in [1.54, 1.807) is 13.8 Å². The third kappa shape index (κ3) is 8.68. The van der Waals surface area contributed by atoms with Gasteiger partial charge in [0, 0.05) is 19.8 Å². The van der Waals surface area contributed by atoms with Crippen LogP contribution in [0.3, 0.4) is 0 Å². The zero-order chi connectivity index (χ0) is 22.6. The Balaban J connectivity index is 6.06. The second-order valence-electron chi connectivity index (χ2n) is 6.48. The van der Waals surface area contributed by atoms with E-state index < -0.39 is 35.3 Å². The monoisotopic (exact) mass is 414 g/mol. The molecule has 0 rings (SSSR count). The Labute approximate surface area is 169 Å². The fourth-order valence-electron chi connectivity index (χ4n) is 2.24.